The zero-order valence-electron chi connectivity index (χ0n) is 24.2. The van der Waals surface area contributed by atoms with Crippen molar-refractivity contribution >= 4 is 11.5 Å². The number of hydrogen-bond acceptors (Lipinski definition) is 5. The first-order valence-electron chi connectivity index (χ1n) is 14.9. The molecule has 3 N–H and O–H groups in total. The maximum absolute atomic E-state index is 6.10. The van der Waals surface area contributed by atoms with E-state index in [9.17, 15) is 0 Å². The summed E-state index contributed by atoms with van der Waals surface area (Å²) in [5.74, 6) is 1.35. The van der Waals surface area contributed by atoms with Gasteiger partial charge in [0.1, 0.15) is 11.7 Å². The number of H-pyrrole nitrogens is 1. The molecule has 39 heavy (non-hydrogen) atoms. The van der Waals surface area contributed by atoms with Crippen LogP contribution in [0.4, 0.5) is 0 Å². The molecule has 2 saturated heterocycles. The molecule has 0 aliphatic carbocycles. The Hall–Kier alpha value is -2.90. The molecular formula is C32H49N7. The average Bonchev–Trinajstić information content (AvgIpc) is 3.44. The van der Waals surface area contributed by atoms with Gasteiger partial charge in [-0.2, -0.15) is 0 Å². The Morgan fingerprint density at radius 2 is 1.95 bits per heavy atom. The van der Waals surface area contributed by atoms with Gasteiger partial charge < -0.3 is 20.5 Å². The Kier molecular flexibility index (Phi) is 10.4. The van der Waals surface area contributed by atoms with Gasteiger partial charge in [-0.1, -0.05) is 70.5 Å². The van der Waals surface area contributed by atoms with Crippen molar-refractivity contribution in [2.24, 2.45) is 16.1 Å². The van der Waals surface area contributed by atoms with Crippen LogP contribution in [0, 0.1) is 5.41 Å². The number of nitrogens with two attached hydrogens (primary N) is 1. The molecule has 3 heterocycles. The molecule has 4 rings (SSSR count). The molecular weight excluding hydrogens is 482 g/mol. The van der Waals surface area contributed by atoms with Gasteiger partial charge in [-0.3, -0.25) is 4.90 Å². The molecule has 0 amide bonds. The second kappa shape index (κ2) is 13.9. The highest BCUT2D eigenvalue weighted by Crippen LogP contribution is 2.42. The Morgan fingerprint density at radius 3 is 2.56 bits per heavy atom. The van der Waals surface area contributed by atoms with Crippen molar-refractivity contribution in [1.82, 2.24) is 24.7 Å². The first-order valence-corrected chi connectivity index (χ1v) is 14.9. The first kappa shape index (κ1) is 29.1. The quantitative estimate of drug-likeness (QED) is 0.177. The third kappa shape index (κ3) is 7.83. The maximum Gasteiger partial charge on any atom is 0.125 e. The molecule has 212 valence electrons. The number of hydrogen-bond donors (Lipinski definition) is 2. The predicted octanol–water partition coefficient (Wildman–Crippen LogP) is 5.64. The summed E-state index contributed by atoms with van der Waals surface area (Å²) in [6.45, 7) is 19.8. The van der Waals surface area contributed by atoms with E-state index in [2.05, 4.69) is 80.9 Å². The summed E-state index contributed by atoms with van der Waals surface area (Å²) in [6, 6.07) is 9.61. The van der Waals surface area contributed by atoms with Gasteiger partial charge in [-0.15, -0.1) is 0 Å². The third-order valence-corrected chi connectivity index (χ3v) is 8.69. The number of nitrogens with zero attached hydrogens (tertiary/aromatic N) is 5. The van der Waals surface area contributed by atoms with Crippen molar-refractivity contribution in [3.05, 3.63) is 73.0 Å². The highest BCUT2D eigenvalue weighted by molar-refractivity contribution is 5.84. The number of aromatic amines is 1. The van der Waals surface area contributed by atoms with Crippen molar-refractivity contribution in [2.75, 3.05) is 32.7 Å². The number of nitrogens with one attached hydrogen (secondary N) is 1. The van der Waals surface area contributed by atoms with Crippen molar-refractivity contribution in [1.29, 1.82) is 0 Å². The van der Waals surface area contributed by atoms with Gasteiger partial charge in [-0.05, 0) is 55.3 Å². The summed E-state index contributed by atoms with van der Waals surface area (Å²) in [7, 11) is 0. The first-order chi connectivity index (χ1) is 18.9. The SMILES string of the molecule is C=CN=C(N)CN(Cc1ncc[nH]1)C(=C)c1ccc(CN2CC3(CCN(C(CC)CCCCC)CC3)C2)cc1. The normalized spacial score (nSPS) is 18.6. The number of likely N-dealkylation sites (tertiary alicyclic amines) is 2. The minimum Gasteiger partial charge on any atom is -0.386 e. The number of piperidine rings is 1. The molecule has 0 bridgehead atoms. The number of imidazole rings is 1. The van der Waals surface area contributed by atoms with E-state index in [-0.39, 0.29) is 0 Å². The molecule has 1 spiro atoms. The highest BCUT2D eigenvalue weighted by atomic mass is 15.2. The predicted molar refractivity (Wildman–Crippen MR) is 163 cm³/mol. The average molecular weight is 532 g/mol. The second-order valence-corrected chi connectivity index (χ2v) is 11.6. The number of unbranched alkanes of at least 4 members (excludes halogenated alkanes) is 2. The molecule has 2 fully saturated rings. The van der Waals surface area contributed by atoms with Crippen LogP contribution in [0.2, 0.25) is 0 Å². The van der Waals surface area contributed by atoms with Crippen LogP contribution in [0.5, 0.6) is 0 Å². The fourth-order valence-corrected chi connectivity index (χ4v) is 6.38. The summed E-state index contributed by atoms with van der Waals surface area (Å²) in [6.07, 6.45) is 14.5. The van der Waals surface area contributed by atoms with Gasteiger partial charge in [0.05, 0.1) is 13.1 Å². The van der Waals surface area contributed by atoms with E-state index in [1.54, 1.807) is 6.20 Å². The monoisotopic (exact) mass is 531 g/mol. The van der Waals surface area contributed by atoms with E-state index >= 15 is 0 Å². The van der Waals surface area contributed by atoms with Crippen LogP contribution in [-0.2, 0) is 13.1 Å². The second-order valence-electron chi connectivity index (χ2n) is 11.6. The van der Waals surface area contributed by atoms with Crippen LogP contribution in [-0.4, -0.2) is 69.3 Å². The number of rotatable bonds is 15. The fraction of sp³-hybridized carbons (Fsp3) is 0.562. The lowest BCUT2D eigenvalue weighted by Gasteiger charge is -2.55. The Morgan fingerprint density at radius 1 is 1.21 bits per heavy atom. The topological polar surface area (TPSA) is 76.8 Å². The van der Waals surface area contributed by atoms with Gasteiger partial charge in [0.15, 0.2) is 0 Å². The molecule has 1 aromatic carbocycles. The smallest absolute Gasteiger partial charge is 0.125 e. The lowest BCUT2D eigenvalue weighted by molar-refractivity contribution is -0.0589. The van der Waals surface area contributed by atoms with E-state index < -0.39 is 0 Å². The molecule has 7 nitrogen and oxygen atoms in total. The Bertz CT molecular complexity index is 1060. The molecule has 1 aromatic heterocycles. The number of aromatic nitrogens is 2. The van der Waals surface area contributed by atoms with Crippen LogP contribution in [0.3, 0.4) is 0 Å². The van der Waals surface area contributed by atoms with Gasteiger partial charge >= 0.3 is 0 Å². The minimum atomic E-state index is 0.457. The third-order valence-electron chi connectivity index (χ3n) is 8.69. The van der Waals surface area contributed by atoms with Gasteiger partial charge in [0.2, 0.25) is 0 Å². The summed E-state index contributed by atoms with van der Waals surface area (Å²) >= 11 is 0. The maximum atomic E-state index is 6.10. The van der Waals surface area contributed by atoms with Crippen molar-refractivity contribution < 1.29 is 0 Å². The summed E-state index contributed by atoms with van der Waals surface area (Å²) in [4.78, 5) is 19.2. The van der Waals surface area contributed by atoms with Gasteiger partial charge in [0.25, 0.3) is 0 Å². The van der Waals surface area contributed by atoms with Gasteiger partial charge in [-0.25, -0.2) is 9.98 Å². The van der Waals surface area contributed by atoms with Crippen LogP contribution in [0.1, 0.15) is 75.7 Å². The van der Waals surface area contributed by atoms with E-state index in [1.165, 1.54) is 82.9 Å². The van der Waals surface area contributed by atoms with Crippen molar-refractivity contribution in [3.8, 4) is 0 Å². The lowest BCUT2D eigenvalue weighted by atomic mass is 9.71. The van der Waals surface area contributed by atoms with E-state index in [1.807, 2.05) is 6.20 Å². The van der Waals surface area contributed by atoms with Crippen LogP contribution in [0.25, 0.3) is 5.70 Å². The standard InChI is InChI=1S/C32H49N7/c1-5-8-9-10-29(6-2)38-19-15-32(16-20-38)24-37(25-32)21-27-11-13-28(14-12-27)26(4)39(22-30(33)34-7-3)23-31-35-17-18-36-31/h7,11-14,17-18,29H,3-6,8-10,15-16,19-25H2,1-2H3,(H2,33,34)(H,35,36). The highest BCUT2D eigenvalue weighted by Gasteiger charge is 2.45. The van der Waals surface area contributed by atoms with Crippen LogP contribution in [0.15, 0.2) is 61.0 Å². The van der Waals surface area contributed by atoms with E-state index in [4.69, 9.17) is 5.73 Å². The number of amidine groups is 1. The molecule has 1 atom stereocenters. The van der Waals surface area contributed by atoms with Crippen molar-refractivity contribution in [3.63, 3.8) is 0 Å². The van der Waals surface area contributed by atoms with E-state index in [0.29, 0.717) is 24.3 Å². The minimum absolute atomic E-state index is 0.457. The Labute approximate surface area is 235 Å². The molecule has 2 aliphatic rings. The summed E-state index contributed by atoms with van der Waals surface area (Å²) < 4.78 is 0. The summed E-state index contributed by atoms with van der Waals surface area (Å²) in [5, 5.41) is 0. The van der Waals surface area contributed by atoms with Gasteiger partial charge in [0, 0.05) is 50.0 Å². The summed E-state index contributed by atoms with van der Waals surface area (Å²) in [5.41, 5.74) is 9.98. The largest absolute Gasteiger partial charge is 0.386 e. The van der Waals surface area contributed by atoms with Crippen molar-refractivity contribution in [2.45, 2.75) is 77.9 Å². The van der Waals surface area contributed by atoms with Crippen LogP contribution < -0.4 is 5.73 Å². The molecule has 2 aromatic rings. The fourth-order valence-electron chi connectivity index (χ4n) is 6.38. The molecule has 2 aliphatic heterocycles. The van der Waals surface area contributed by atoms with E-state index in [0.717, 1.165) is 29.7 Å². The lowest BCUT2D eigenvalue weighted by Crippen LogP contribution is -2.60. The zero-order chi connectivity index (χ0) is 27.7. The molecule has 7 heteroatoms. The number of benzene rings is 1. The zero-order valence-corrected chi connectivity index (χ0v) is 24.2. The Balaban J connectivity index is 1.27. The van der Waals surface area contributed by atoms with Crippen LogP contribution >= 0.6 is 0 Å². The molecule has 1 unspecified atom stereocenters. The molecule has 0 radical (unpaired) electrons. The molecule has 0 saturated carbocycles. The number of aliphatic imine (C=N–C) groups is 1.